The first kappa shape index (κ1) is 16.7. The van der Waals surface area contributed by atoms with Crippen LogP contribution >= 0.6 is 11.6 Å². The lowest BCUT2D eigenvalue weighted by molar-refractivity contribution is -0.145. The third-order valence-electron chi connectivity index (χ3n) is 4.45. The minimum atomic E-state index is -0.884. The minimum absolute atomic E-state index is 0.311. The molecule has 0 amide bonds. The molecule has 1 unspecified atom stereocenters. The summed E-state index contributed by atoms with van der Waals surface area (Å²) in [6, 6.07) is 6.50. The van der Waals surface area contributed by atoms with Crippen LogP contribution in [0.25, 0.3) is 11.5 Å². The Balaban J connectivity index is 1.56. The van der Waals surface area contributed by atoms with Crippen molar-refractivity contribution in [2.75, 3.05) is 0 Å². The number of benzene rings is 1. The van der Waals surface area contributed by atoms with Crippen LogP contribution in [-0.2, 0) is 24.4 Å². The van der Waals surface area contributed by atoms with Gasteiger partial charge >= 0.3 is 5.97 Å². The summed E-state index contributed by atoms with van der Waals surface area (Å²) >= 11 is 5.90. The maximum absolute atomic E-state index is 11.7. The smallest absolute Gasteiger partial charge is 0.322 e. The Hall–Kier alpha value is -2.71. The second-order valence-corrected chi connectivity index (χ2v) is 6.62. The lowest BCUT2D eigenvalue weighted by Crippen LogP contribution is -2.47. The number of hydrogen-bond acceptors (Lipinski definition) is 6. The van der Waals surface area contributed by atoms with Crippen LogP contribution in [0.2, 0.25) is 5.02 Å². The Morgan fingerprint density at radius 2 is 2.12 bits per heavy atom. The molecule has 8 nitrogen and oxygen atoms in total. The quantitative estimate of drug-likeness (QED) is 0.749. The van der Waals surface area contributed by atoms with Crippen molar-refractivity contribution in [3.8, 4) is 11.5 Å². The molecule has 0 radical (unpaired) electrons. The number of rotatable bonds is 4. The summed E-state index contributed by atoms with van der Waals surface area (Å²) in [4.78, 5) is 18.0. The van der Waals surface area contributed by atoms with Gasteiger partial charge in [-0.1, -0.05) is 11.6 Å². The zero-order valence-electron chi connectivity index (χ0n) is 14.0. The number of hydrogen-bond donors (Lipinski definition) is 1. The predicted octanol–water partition coefficient (Wildman–Crippen LogP) is 2.36. The summed E-state index contributed by atoms with van der Waals surface area (Å²) in [5.74, 6) is 1.06. The van der Waals surface area contributed by atoms with Crippen molar-refractivity contribution in [3.05, 3.63) is 52.9 Å². The molecule has 9 heteroatoms. The predicted molar refractivity (Wildman–Crippen MR) is 92.4 cm³/mol. The molecule has 0 fully saturated rings. The van der Waals surface area contributed by atoms with E-state index in [1.807, 2.05) is 28.5 Å². The molecule has 1 aromatic carbocycles. The van der Waals surface area contributed by atoms with Gasteiger partial charge in [0.25, 0.3) is 0 Å². The van der Waals surface area contributed by atoms with Crippen molar-refractivity contribution in [3.63, 3.8) is 0 Å². The summed E-state index contributed by atoms with van der Waals surface area (Å²) in [7, 11) is 0. The standard InChI is InChI=1S/C17H16ClN5O3/c1-10-20-21-15-8-22(14(17(24)25)7-23(10)15)6-13-9-26-16(19-13)11-2-4-12(18)5-3-11/h2-5,9,14H,6-8H2,1H3,(H,24,25). The van der Waals surface area contributed by atoms with E-state index in [4.69, 9.17) is 16.0 Å². The molecule has 2 aromatic heterocycles. The van der Waals surface area contributed by atoms with E-state index < -0.39 is 12.0 Å². The van der Waals surface area contributed by atoms with Crippen molar-refractivity contribution in [2.24, 2.45) is 0 Å². The normalized spacial score (nSPS) is 17.2. The monoisotopic (exact) mass is 373 g/mol. The van der Waals surface area contributed by atoms with Crippen LogP contribution < -0.4 is 0 Å². The second-order valence-electron chi connectivity index (χ2n) is 6.18. The molecule has 1 atom stereocenters. The average Bonchev–Trinajstić information content (AvgIpc) is 3.22. The van der Waals surface area contributed by atoms with Crippen molar-refractivity contribution >= 4 is 17.6 Å². The zero-order valence-corrected chi connectivity index (χ0v) is 14.7. The Bertz CT molecular complexity index is 950. The molecule has 134 valence electrons. The zero-order chi connectivity index (χ0) is 18.3. The Morgan fingerprint density at radius 3 is 2.85 bits per heavy atom. The molecule has 0 bridgehead atoms. The Labute approximate surface area is 154 Å². The van der Waals surface area contributed by atoms with Crippen LogP contribution in [0.1, 0.15) is 17.3 Å². The van der Waals surface area contributed by atoms with Gasteiger partial charge in [-0.25, -0.2) is 4.98 Å². The van der Waals surface area contributed by atoms with Crippen molar-refractivity contribution in [1.82, 2.24) is 24.6 Å². The van der Waals surface area contributed by atoms with Gasteiger partial charge in [0.1, 0.15) is 24.0 Å². The molecule has 4 rings (SSSR count). The van der Waals surface area contributed by atoms with E-state index in [0.717, 1.165) is 17.2 Å². The topological polar surface area (TPSA) is 97.3 Å². The first-order valence-electron chi connectivity index (χ1n) is 8.07. The van der Waals surface area contributed by atoms with Crippen LogP contribution in [-0.4, -0.2) is 41.8 Å². The van der Waals surface area contributed by atoms with Crippen LogP contribution in [0.4, 0.5) is 0 Å². The highest BCUT2D eigenvalue weighted by Gasteiger charge is 2.33. The number of aryl methyl sites for hydroxylation is 1. The molecule has 0 saturated carbocycles. The number of carbonyl (C=O) groups is 1. The number of aliphatic carboxylic acids is 1. The van der Waals surface area contributed by atoms with Crippen LogP contribution in [0.15, 0.2) is 34.9 Å². The second kappa shape index (κ2) is 6.54. The largest absolute Gasteiger partial charge is 0.480 e. The summed E-state index contributed by atoms with van der Waals surface area (Å²) in [6.45, 7) is 2.87. The highest BCUT2D eigenvalue weighted by molar-refractivity contribution is 6.30. The van der Waals surface area contributed by atoms with E-state index in [1.54, 1.807) is 18.4 Å². The number of carboxylic acids is 1. The van der Waals surface area contributed by atoms with E-state index in [1.165, 1.54) is 0 Å². The maximum atomic E-state index is 11.7. The molecule has 0 spiro atoms. The van der Waals surface area contributed by atoms with E-state index in [9.17, 15) is 9.90 Å². The third-order valence-corrected chi connectivity index (χ3v) is 4.70. The minimum Gasteiger partial charge on any atom is -0.480 e. The van der Waals surface area contributed by atoms with E-state index in [-0.39, 0.29) is 0 Å². The van der Waals surface area contributed by atoms with Crippen LogP contribution in [0, 0.1) is 6.92 Å². The first-order valence-corrected chi connectivity index (χ1v) is 8.45. The van der Waals surface area contributed by atoms with Crippen molar-refractivity contribution in [2.45, 2.75) is 32.6 Å². The molecule has 3 heterocycles. The molecule has 0 aliphatic carbocycles. The van der Waals surface area contributed by atoms with Gasteiger partial charge in [-0.3, -0.25) is 9.69 Å². The van der Waals surface area contributed by atoms with Gasteiger partial charge in [0, 0.05) is 17.1 Å². The molecule has 1 aliphatic rings. The van der Waals surface area contributed by atoms with E-state index >= 15 is 0 Å². The van der Waals surface area contributed by atoms with Crippen LogP contribution in [0.5, 0.6) is 0 Å². The number of nitrogens with zero attached hydrogens (tertiary/aromatic N) is 5. The highest BCUT2D eigenvalue weighted by Crippen LogP contribution is 2.24. The number of oxazole rings is 1. The van der Waals surface area contributed by atoms with Crippen molar-refractivity contribution in [1.29, 1.82) is 0 Å². The SMILES string of the molecule is Cc1nnc2n1CC(C(=O)O)N(Cc1coc(-c3ccc(Cl)cc3)n1)C2. The van der Waals surface area contributed by atoms with Gasteiger partial charge in [0.05, 0.1) is 18.8 Å². The first-order chi connectivity index (χ1) is 12.5. The summed E-state index contributed by atoms with van der Waals surface area (Å²) in [5.41, 5.74) is 1.47. The fraction of sp³-hybridized carbons (Fsp3) is 0.294. The number of fused-ring (bicyclic) bond motifs is 1. The van der Waals surface area contributed by atoms with Gasteiger partial charge in [-0.05, 0) is 31.2 Å². The molecular formula is C17H16ClN5O3. The molecular weight excluding hydrogens is 358 g/mol. The van der Waals surface area contributed by atoms with E-state index in [0.29, 0.717) is 36.2 Å². The highest BCUT2D eigenvalue weighted by atomic mass is 35.5. The average molecular weight is 374 g/mol. The summed E-state index contributed by atoms with van der Waals surface area (Å²) in [5, 5.41) is 18.4. The van der Waals surface area contributed by atoms with E-state index in [2.05, 4.69) is 15.2 Å². The fourth-order valence-corrected chi connectivity index (χ4v) is 3.20. The maximum Gasteiger partial charge on any atom is 0.322 e. The molecule has 3 aromatic rings. The van der Waals surface area contributed by atoms with Gasteiger partial charge in [-0.2, -0.15) is 0 Å². The lowest BCUT2D eigenvalue weighted by atomic mass is 10.1. The number of carboxylic acid groups (broad SMARTS) is 1. The lowest BCUT2D eigenvalue weighted by Gasteiger charge is -2.32. The Kier molecular flexibility index (Phi) is 4.21. The van der Waals surface area contributed by atoms with Gasteiger partial charge in [0.2, 0.25) is 5.89 Å². The number of halogens is 1. The van der Waals surface area contributed by atoms with Crippen molar-refractivity contribution < 1.29 is 14.3 Å². The van der Waals surface area contributed by atoms with Gasteiger partial charge in [0.15, 0.2) is 0 Å². The van der Waals surface area contributed by atoms with Gasteiger partial charge in [-0.15, -0.1) is 10.2 Å². The molecule has 26 heavy (non-hydrogen) atoms. The fourth-order valence-electron chi connectivity index (χ4n) is 3.07. The third kappa shape index (κ3) is 3.09. The molecule has 0 saturated heterocycles. The van der Waals surface area contributed by atoms with Crippen LogP contribution in [0.3, 0.4) is 0 Å². The summed E-state index contributed by atoms with van der Waals surface area (Å²) < 4.78 is 7.38. The number of aromatic nitrogens is 4. The Morgan fingerprint density at radius 1 is 1.35 bits per heavy atom. The molecule has 1 N–H and O–H groups in total. The summed E-state index contributed by atoms with van der Waals surface area (Å²) in [6.07, 6.45) is 1.55. The van der Waals surface area contributed by atoms with Gasteiger partial charge < -0.3 is 14.1 Å². The molecule has 1 aliphatic heterocycles.